The molecule has 32 heteroatoms. The van der Waals surface area contributed by atoms with Crippen molar-refractivity contribution in [2.24, 2.45) is 0 Å². The molecule has 2 aromatic heterocycles. The van der Waals surface area contributed by atoms with Gasteiger partial charge in [-0.1, -0.05) is 120 Å². The zero-order chi connectivity index (χ0) is 70.3. The molecule has 7 aromatic rings. The second kappa shape index (κ2) is 36.7. The fourth-order valence-electron chi connectivity index (χ4n) is 11.4. The molecule has 100 heavy (non-hydrogen) atoms. The zero-order valence-corrected chi connectivity index (χ0v) is 59.2. The summed E-state index contributed by atoms with van der Waals surface area (Å²) in [6.45, 7) is 0.298. The first kappa shape index (κ1) is 79.5. The Bertz CT molecular complexity index is 3660. The number of ether oxygens (including phenoxy) is 4. The van der Waals surface area contributed by atoms with E-state index in [4.69, 9.17) is 18.9 Å². The number of aliphatic carboxylic acids is 2. The van der Waals surface area contributed by atoms with Crippen molar-refractivity contribution in [2.45, 2.75) is 151 Å². The summed E-state index contributed by atoms with van der Waals surface area (Å²) in [5.74, 6) is -12.5. The summed E-state index contributed by atoms with van der Waals surface area (Å²) in [7, 11) is 0. The number of nitrogens with zero attached hydrogens (tertiary/aromatic N) is 6. The van der Waals surface area contributed by atoms with Crippen molar-refractivity contribution in [2.75, 3.05) is 13.1 Å². The summed E-state index contributed by atoms with van der Waals surface area (Å²) in [6.07, 6.45) is -12.9. The molecule has 4 heterocycles. The maximum Gasteiger partial charge on any atom is 1.00 e. The predicted molar refractivity (Wildman–Crippen MR) is 337 cm³/mol. The number of carbonyl (C=O) groups is 8. The van der Waals surface area contributed by atoms with E-state index in [1.54, 1.807) is 48.5 Å². The largest absolute Gasteiger partial charge is 1.00 e. The molecule has 518 valence electrons. The summed E-state index contributed by atoms with van der Waals surface area (Å²) < 4.78 is 25.7. The van der Waals surface area contributed by atoms with Crippen LogP contribution in [0.3, 0.4) is 0 Å². The van der Waals surface area contributed by atoms with Crippen LogP contribution in [0.5, 0.6) is 0 Å². The van der Waals surface area contributed by atoms with Crippen LogP contribution in [-0.4, -0.2) is 193 Å². The van der Waals surface area contributed by atoms with Crippen LogP contribution in [0.4, 0.5) is 0 Å². The second-order valence-corrected chi connectivity index (χ2v) is 23.8. The number of benzene rings is 5. The number of carbonyl (C=O) groups excluding carboxylic acids is 8. The zero-order valence-electron chi connectivity index (χ0n) is 55.2. The molecule has 2 aliphatic heterocycles. The van der Waals surface area contributed by atoms with Gasteiger partial charge in [0.25, 0.3) is 11.8 Å². The molecule has 2 aliphatic rings. The summed E-state index contributed by atoms with van der Waals surface area (Å²) in [6, 6.07) is 35.3. The minimum Gasteiger partial charge on any atom is -0.544 e. The fourth-order valence-corrected chi connectivity index (χ4v) is 11.4. The predicted octanol–water partition coefficient (Wildman–Crippen LogP) is -6.92. The minimum absolute atomic E-state index is 0. The van der Waals surface area contributed by atoms with Crippen LogP contribution in [0.15, 0.2) is 146 Å². The van der Waals surface area contributed by atoms with Crippen LogP contribution in [0, 0.1) is 0 Å². The molecule has 0 bridgehead atoms. The number of carboxylic acid groups (broad SMARTS) is 2. The Labute approximate surface area is 617 Å². The number of aromatic nitrogens is 6. The maximum atomic E-state index is 13.2. The van der Waals surface area contributed by atoms with Crippen molar-refractivity contribution in [3.05, 3.63) is 179 Å². The van der Waals surface area contributed by atoms with E-state index in [1.165, 1.54) is 46.0 Å². The molecular formula is C68H74N10Na2O20. The van der Waals surface area contributed by atoms with Crippen molar-refractivity contribution in [1.29, 1.82) is 0 Å². The molecule has 0 unspecified atom stereocenters. The fraction of sp³-hybridized carbons (Fsp3) is 0.382. The Morgan fingerprint density at radius 3 is 1.18 bits per heavy atom. The van der Waals surface area contributed by atoms with E-state index in [9.17, 15) is 79.2 Å². The van der Waals surface area contributed by atoms with Crippen molar-refractivity contribution in [3.63, 3.8) is 0 Å². The van der Waals surface area contributed by atoms with Gasteiger partial charge in [-0.2, -0.15) is 0 Å². The maximum absolute atomic E-state index is 13.2. The van der Waals surface area contributed by atoms with Crippen LogP contribution >= 0.6 is 0 Å². The van der Waals surface area contributed by atoms with Gasteiger partial charge in [0.05, 0.1) is 62.1 Å². The number of hydrogen-bond donors (Lipinski definition) is 10. The van der Waals surface area contributed by atoms with Crippen molar-refractivity contribution < 1.29 is 157 Å². The molecule has 10 N–H and O–H groups in total. The number of aliphatic hydroxyl groups excluding tert-OH is 6. The monoisotopic (exact) mass is 1400 g/mol. The van der Waals surface area contributed by atoms with Crippen LogP contribution in [-0.2, 0) is 64.4 Å². The van der Waals surface area contributed by atoms with Crippen molar-refractivity contribution in [3.8, 4) is 22.3 Å². The van der Waals surface area contributed by atoms with Crippen LogP contribution in [0.25, 0.3) is 22.3 Å². The average molecular weight is 1400 g/mol. The molecule has 30 nitrogen and oxygen atoms in total. The number of amides is 4. The summed E-state index contributed by atoms with van der Waals surface area (Å²) >= 11 is 0. The van der Waals surface area contributed by atoms with Crippen molar-refractivity contribution >= 4 is 47.1 Å². The second-order valence-electron chi connectivity index (χ2n) is 23.8. The van der Waals surface area contributed by atoms with Gasteiger partial charge in [0.15, 0.2) is 11.6 Å². The summed E-state index contributed by atoms with van der Waals surface area (Å²) in [4.78, 5) is 102. The van der Waals surface area contributed by atoms with E-state index >= 15 is 0 Å². The average Bonchev–Trinajstić information content (AvgIpc) is 0.795. The Morgan fingerprint density at radius 1 is 0.520 bits per heavy atom. The molecule has 4 amide bonds. The standard InChI is InChI=1S/C68H76N10O20.2Na/c1-39(79)71-57-53(83)31-67(65(91)92,97-61(57)59(87)55(85)33-69-63(89)47-25-17-43(18-26-47)41-11-5-3-6-12-41)95-37-49-35-77(75-73-49)29-9-15-51(81)45-21-23-46(24-22-45)52(82)16-10-30-78-36-50(74-76-78)38-96-68(66(93)94)32-54(84)58(72-40(2)80)62(98-68)60(88)56(86)34-70-64(90)48-27-19-44(20-28-48)42-13-7-4-8-14-42;;/h3-8,11-14,17-28,35-36,53-62,83-88H,9-10,15-16,29-34,37-38H2,1-2H3,(H,69,89)(H,70,90)(H,71,79)(H,72,80)(H,91,92)(H,93,94);;/q;2*+1/p-2/t53-,54-,55+,56+,57+,58+,59+,60+,61+,62+,67+,68+;;/m0../s1. The van der Waals surface area contributed by atoms with Gasteiger partial charge >= 0.3 is 59.1 Å². The third-order valence-electron chi connectivity index (χ3n) is 16.6. The van der Waals surface area contributed by atoms with Gasteiger partial charge in [0.1, 0.15) is 47.7 Å². The SMILES string of the molecule is CC(=O)N[C@H]1[C@H]([C@H](O)[C@H](O)CNC(=O)c2ccc(-c3ccccc3)cc2)O[C@@](OCc2cn(CCCC(=O)c3ccc(C(=O)CCCn4cc(CO[C@]5(C(=O)[O-])C[C@H](O)[C@@H](NC(C)=O)[C@H]([C@H](O)[C@H](O)CNC(=O)c6ccc(-c7ccccc7)cc6)O5)nn4)cc3)nn2)(C(=O)[O-])C[C@@H]1O.[Na+].[Na+]. The molecule has 12 atom stereocenters. The van der Waals surface area contributed by atoms with Crippen LogP contribution < -0.4 is 90.6 Å². The van der Waals surface area contributed by atoms with Gasteiger partial charge in [-0.15, -0.1) is 10.2 Å². The van der Waals surface area contributed by atoms with E-state index in [0.29, 0.717) is 11.1 Å². The Hall–Kier alpha value is -7.86. The third-order valence-corrected chi connectivity index (χ3v) is 16.6. The van der Waals surface area contributed by atoms with Gasteiger partial charge in [-0.3, -0.25) is 38.1 Å². The molecule has 9 rings (SSSR count). The van der Waals surface area contributed by atoms with Gasteiger partial charge in [0.2, 0.25) is 23.4 Å². The Morgan fingerprint density at radius 2 is 0.850 bits per heavy atom. The number of aliphatic hydroxyl groups is 6. The van der Waals surface area contributed by atoms with Gasteiger partial charge in [0, 0.05) is 88.0 Å². The summed E-state index contributed by atoms with van der Waals surface area (Å²) in [5, 5.41) is 119. The number of nitrogens with one attached hydrogen (secondary N) is 4. The molecule has 0 spiro atoms. The number of rotatable bonds is 32. The number of Topliss-reactive ketones (excluding diaryl/α,β-unsaturated/α-hetero) is 2. The first-order valence-corrected chi connectivity index (χ1v) is 31.4. The molecule has 0 radical (unpaired) electrons. The summed E-state index contributed by atoms with van der Waals surface area (Å²) in [5.41, 5.74) is 4.87. The first-order valence-electron chi connectivity index (χ1n) is 31.4. The van der Waals surface area contributed by atoms with E-state index in [1.807, 2.05) is 60.7 Å². The van der Waals surface area contributed by atoms with Gasteiger partial charge in [-0.05, 0) is 59.4 Å². The Kier molecular flexibility index (Phi) is 29.1. The number of carboxylic acids is 2. The van der Waals surface area contributed by atoms with E-state index in [2.05, 4.69) is 41.9 Å². The molecular weight excluding hydrogens is 1320 g/mol. The quantitative estimate of drug-likeness (QED) is 0.0138. The van der Waals surface area contributed by atoms with Crippen LogP contribution in [0.1, 0.15) is 105 Å². The Balaban J connectivity index is 0.00000702. The smallest absolute Gasteiger partial charge is 0.544 e. The molecule has 0 aliphatic carbocycles. The number of aryl methyl sites for hydroxylation is 2. The van der Waals surface area contributed by atoms with E-state index in [0.717, 1.165) is 36.1 Å². The van der Waals surface area contributed by atoms with E-state index < -0.39 is 147 Å². The van der Waals surface area contributed by atoms with E-state index in [-0.39, 0.29) is 132 Å². The molecule has 2 fully saturated rings. The number of ketones is 2. The van der Waals surface area contributed by atoms with Crippen LogP contribution in [0.2, 0.25) is 0 Å². The third kappa shape index (κ3) is 20.7. The molecule has 5 aromatic carbocycles. The molecule has 0 saturated carbocycles. The topological polar surface area (TPSA) is 451 Å². The normalized spacial score (nSPS) is 21.5. The minimum atomic E-state index is -2.75. The van der Waals surface area contributed by atoms with Gasteiger partial charge < -0.3 is 90.7 Å². The molecule has 2 saturated heterocycles. The first-order chi connectivity index (χ1) is 46.9. The number of hydrogen-bond acceptors (Lipinski definition) is 24. The van der Waals surface area contributed by atoms with Crippen molar-refractivity contribution in [1.82, 2.24) is 51.3 Å². The van der Waals surface area contributed by atoms with Gasteiger partial charge in [-0.25, -0.2) is 0 Å².